The molecule has 2 aliphatic rings. The minimum atomic E-state index is -1.50. The molecule has 36 heavy (non-hydrogen) atoms. The lowest BCUT2D eigenvalue weighted by atomic mass is 9.90. The standard InChI is InChI=1S/C29H24BrNO5/c1-28(2,3)36-27(35)31-21-15-14-19(30)16-20(21)29(26(31)34)22(24(32)17-10-6-4-7-11-17)23(29)25(33)18-12-8-5-9-13-18/h4-16,22-23H,1-3H3/t22-,23-/m1/s1. The number of imide groups is 1. The van der Waals surface area contributed by atoms with Gasteiger partial charge in [0.25, 0.3) is 0 Å². The number of hydrogen-bond donors (Lipinski definition) is 0. The Balaban J connectivity index is 1.68. The summed E-state index contributed by atoms with van der Waals surface area (Å²) in [6.07, 6.45) is -0.836. The van der Waals surface area contributed by atoms with Crippen molar-refractivity contribution in [3.8, 4) is 0 Å². The van der Waals surface area contributed by atoms with Crippen molar-refractivity contribution >= 4 is 45.2 Å². The maximum absolute atomic E-state index is 14.2. The molecule has 5 rings (SSSR count). The smallest absolute Gasteiger partial charge is 0.421 e. The van der Waals surface area contributed by atoms with Crippen LogP contribution in [0.5, 0.6) is 0 Å². The van der Waals surface area contributed by atoms with Gasteiger partial charge in [-0.05, 0) is 44.5 Å². The fourth-order valence-corrected chi connectivity index (χ4v) is 5.56. The third-order valence-electron chi connectivity index (χ3n) is 6.67. The van der Waals surface area contributed by atoms with Crippen molar-refractivity contribution in [1.29, 1.82) is 0 Å². The monoisotopic (exact) mass is 545 g/mol. The second-order valence-corrected chi connectivity index (χ2v) is 11.0. The number of nitrogens with zero attached hydrogens (tertiary/aromatic N) is 1. The Kier molecular flexibility index (Phi) is 5.71. The summed E-state index contributed by atoms with van der Waals surface area (Å²) in [6.45, 7) is 5.14. The Morgan fingerprint density at radius 1 is 0.833 bits per heavy atom. The zero-order chi connectivity index (χ0) is 25.8. The third-order valence-corrected chi connectivity index (χ3v) is 7.16. The van der Waals surface area contributed by atoms with Gasteiger partial charge in [0.2, 0.25) is 5.91 Å². The first-order valence-electron chi connectivity index (χ1n) is 11.6. The first-order chi connectivity index (χ1) is 17.1. The molecule has 0 N–H and O–H groups in total. The Hall–Kier alpha value is -3.58. The number of carbonyl (C=O) groups is 4. The largest absolute Gasteiger partial charge is 0.443 e. The van der Waals surface area contributed by atoms with Gasteiger partial charge in [-0.2, -0.15) is 0 Å². The molecule has 3 aromatic carbocycles. The van der Waals surface area contributed by atoms with Crippen LogP contribution in [0.4, 0.5) is 10.5 Å². The van der Waals surface area contributed by atoms with E-state index in [9.17, 15) is 19.2 Å². The van der Waals surface area contributed by atoms with Gasteiger partial charge >= 0.3 is 6.09 Å². The zero-order valence-electron chi connectivity index (χ0n) is 20.0. The predicted molar refractivity (Wildman–Crippen MR) is 138 cm³/mol. The maximum atomic E-state index is 14.2. The van der Waals surface area contributed by atoms with Crippen LogP contribution in [0.1, 0.15) is 47.1 Å². The van der Waals surface area contributed by atoms with Crippen LogP contribution in [0.3, 0.4) is 0 Å². The topological polar surface area (TPSA) is 80.8 Å². The molecule has 1 aliphatic heterocycles. The number of anilines is 1. The Labute approximate surface area is 217 Å². The second-order valence-electron chi connectivity index (χ2n) is 10.1. The Bertz CT molecular complexity index is 1340. The van der Waals surface area contributed by atoms with Gasteiger partial charge in [-0.3, -0.25) is 14.4 Å². The first-order valence-corrected chi connectivity index (χ1v) is 12.4. The molecular weight excluding hydrogens is 522 g/mol. The number of ketones is 2. The van der Waals surface area contributed by atoms with Gasteiger partial charge in [-0.25, -0.2) is 9.69 Å². The maximum Gasteiger partial charge on any atom is 0.421 e. The minimum Gasteiger partial charge on any atom is -0.443 e. The van der Waals surface area contributed by atoms with E-state index in [0.717, 1.165) is 4.90 Å². The van der Waals surface area contributed by atoms with Crippen molar-refractivity contribution in [3.63, 3.8) is 0 Å². The van der Waals surface area contributed by atoms with Crippen molar-refractivity contribution in [2.75, 3.05) is 4.90 Å². The van der Waals surface area contributed by atoms with Crippen LogP contribution >= 0.6 is 15.9 Å². The van der Waals surface area contributed by atoms with E-state index < -0.39 is 34.9 Å². The van der Waals surface area contributed by atoms with E-state index in [1.54, 1.807) is 99.6 Å². The highest BCUT2D eigenvalue weighted by molar-refractivity contribution is 9.10. The number of halogens is 1. The number of carbonyl (C=O) groups excluding carboxylic acids is 4. The SMILES string of the molecule is CC(C)(C)OC(=O)N1C(=O)C2(c3cc(Br)ccc31)[C@@H](C(=O)c1ccccc1)[C@@H]2C(=O)c1ccccc1. The molecular formula is C29H24BrNO5. The molecule has 182 valence electrons. The molecule has 1 heterocycles. The number of ether oxygens (including phenoxy) is 1. The van der Waals surface area contributed by atoms with Crippen molar-refractivity contribution in [2.24, 2.45) is 11.8 Å². The van der Waals surface area contributed by atoms with Crippen molar-refractivity contribution < 1.29 is 23.9 Å². The number of benzene rings is 3. The molecule has 1 aliphatic carbocycles. The lowest BCUT2D eigenvalue weighted by Gasteiger charge is -2.24. The van der Waals surface area contributed by atoms with E-state index in [1.165, 1.54) is 0 Å². The molecule has 0 aromatic heterocycles. The first kappa shape index (κ1) is 24.1. The third kappa shape index (κ3) is 3.69. The number of rotatable bonds is 4. The molecule has 0 radical (unpaired) electrons. The molecule has 1 fully saturated rings. The van der Waals surface area contributed by atoms with Crippen LogP contribution in [-0.4, -0.2) is 29.2 Å². The van der Waals surface area contributed by atoms with E-state index in [-0.39, 0.29) is 11.6 Å². The second kappa shape index (κ2) is 8.52. The summed E-state index contributed by atoms with van der Waals surface area (Å²) in [4.78, 5) is 56.0. The average Bonchev–Trinajstić information content (AvgIpc) is 3.48. The molecule has 1 spiro atoms. The van der Waals surface area contributed by atoms with E-state index in [1.807, 2.05) is 0 Å². The summed E-state index contributed by atoms with van der Waals surface area (Å²) in [5.41, 5.74) is -0.737. The molecule has 0 unspecified atom stereocenters. The van der Waals surface area contributed by atoms with Gasteiger partial charge in [0.05, 0.1) is 22.9 Å². The Morgan fingerprint density at radius 2 is 1.33 bits per heavy atom. The van der Waals surface area contributed by atoms with Gasteiger partial charge in [-0.1, -0.05) is 76.6 Å². The van der Waals surface area contributed by atoms with Gasteiger partial charge in [0.15, 0.2) is 11.6 Å². The molecule has 0 saturated heterocycles. The van der Waals surface area contributed by atoms with Crippen LogP contribution in [-0.2, 0) is 14.9 Å². The molecule has 3 aromatic rings. The summed E-state index contributed by atoms with van der Waals surface area (Å²) in [6, 6.07) is 22.3. The fourth-order valence-electron chi connectivity index (χ4n) is 5.20. The van der Waals surface area contributed by atoms with E-state index in [4.69, 9.17) is 4.74 Å². The summed E-state index contributed by atoms with van der Waals surface area (Å²) >= 11 is 3.46. The molecule has 2 amide bonds. The lowest BCUT2D eigenvalue weighted by Crippen LogP contribution is -2.42. The summed E-state index contributed by atoms with van der Waals surface area (Å²) in [5, 5.41) is 0. The zero-order valence-corrected chi connectivity index (χ0v) is 21.6. The highest BCUT2D eigenvalue weighted by Crippen LogP contribution is 2.68. The molecule has 2 atom stereocenters. The lowest BCUT2D eigenvalue weighted by molar-refractivity contribution is -0.120. The van der Waals surface area contributed by atoms with Gasteiger partial charge in [0, 0.05) is 15.6 Å². The van der Waals surface area contributed by atoms with Crippen LogP contribution < -0.4 is 4.90 Å². The normalized spacial score (nSPS) is 22.3. The minimum absolute atomic E-state index is 0.310. The highest BCUT2D eigenvalue weighted by atomic mass is 79.9. The number of amides is 2. The molecule has 1 saturated carbocycles. The van der Waals surface area contributed by atoms with Crippen molar-refractivity contribution in [1.82, 2.24) is 0 Å². The van der Waals surface area contributed by atoms with Crippen LogP contribution in [0, 0.1) is 11.8 Å². The Morgan fingerprint density at radius 3 is 1.81 bits per heavy atom. The summed E-state index contributed by atoms with van der Waals surface area (Å²) < 4.78 is 6.22. The predicted octanol–water partition coefficient (Wildman–Crippen LogP) is 5.98. The van der Waals surface area contributed by atoms with Gasteiger partial charge in [-0.15, -0.1) is 0 Å². The van der Waals surface area contributed by atoms with Crippen LogP contribution in [0.15, 0.2) is 83.3 Å². The number of fused-ring (bicyclic) bond motifs is 2. The van der Waals surface area contributed by atoms with E-state index in [0.29, 0.717) is 26.9 Å². The quantitative estimate of drug-likeness (QED) is 0.376. The van der Waals surface area contributed by atoms with Crippen LogP contribution in [0.25, 0.3) is 0 Å². The number of hydrogen-bond acceptors (Lipinski definition) is 5. The van der Waals surface area contributed by atoms with Crippen LogP contribution in [0.2, 0.25) is 0 Å². The molecule has 0 bridgehead atoms. The highest BCUT2D eigenvalue weighted by Gasteiger charge is 2.80. The molecule has 7 heteroatoms. The van der Waals surface area contributed by atoms with Gasteiger partial charge in [0.1, 0.15) is 5.60 Å². The van der Waals surface area contributed by atoms with E-state index >= 15 is 0 Å². The van der Waals surface area contributed by atoms with Crippen molar-refractivity contribution in [2.45, 2.75) is 31.8 Å². The van der Waals surface area contributed by atoms with Crippen molar-refractivity contribution in [3.05, 3.63) is 100 Å². The summed E-state index contributed by atoms with van der Waals surface area (Å²) in [5.74, 6) is -3.15. The molecule has 6 nitrogen and oxygen atoms in total. The summed E-state index contributed by atoms with van der Waals surface area (Å²) in [7, 11) is 0. The average molecular weight is 546 g/mol. The van der Waals surface area contributed by atoms with E-state index in [2.05, 4.69) is 15.9 Å². The fraction of sp³-hybridized carbons (Fsp3) is 0.241. The van der Waals surface area contributed by atoms with Gasteiger partial charge < -0.3 is 4.74 Å². The number of Topliss-reactive ketones (excluding diaryl/α,β-unsaturated/α-hetero) is 2.